The molecule has 0 fully saturated rings. The van der Waals surface area contributed by atoms with Gasteiger partial charge in [-0.2, -0.15) is 5.21 Å². The summed E-state index contributed by atoms with van der Waals surface area (Å²) in [5.41, 5.74) is 6.57. The van der Waals surface area contributed by atoms with Gasteiger partial charge in [0, 0.05) is 10.0 Å². The Kier molecular flexibility index (Phi) is 2.86. The Morgan fingerprint density at radius 3 is 2.80 bits per heavy atom. The van der Waals surface area contributed by atoms with E-state index in [1.807, 2.05) is 0 Å². The molecule has 0 radical (unpaired) electrons. The number of H-pyrrole nitrogens is 1. The van der Waals surface area contributed by atoms with Crippen molar-refractivity contribution >= 4 is 23.2 Å². The van der Waals surface area contributed by atoms with Crippen LogP contribution in [0.2, 0.25) is 10.0 Å². The van der Waals surface area contributed by atoms with E-state index < -0.39 is 6.04 Å². The normalized spacial score (nSPS) is 12.7. The first-order chi connectivity index (χ1) is 7.18. The zero-order valence-corrected chi connectivity index (χ0v) is 9.00. The number of benzene rings is 1. The predicted octanol–water partition coefficient (Wildman–Crippen LogP) is 1.55. The molecule has 0 aliphatic rings. The van der Waals surface area contributed by atoms with Gasteiger partial charge in [0.2, 0.25) is 0 Å². The molecule has 0 amide bonds. The van der Waals surface area contributed by atoms with E-state index >= 15 is 0 Å². The molecule has 1 aromatic heterocycles. The van der Waals surface area contributed by atoms with Gasteiger partial charge in [0.15, 0.2) is 5.82 Å². The van der Waals surface area contributed by atoms with Crippen molar-refractivity contribution in [2.45, 2.75) is 6.04 Å². The number of nitrogens with one attached hydrogen (secondary N) is 1. The van der Waals surface area contributed by atoms with Crippen molar-refractivity contribution in [3.05, 3.63) is 39.6 Å². The summed E-state index contributed by atoms with van der Waals surface area (Å²) >= 11 is 11.8. The van der Waals surface area contributed by atoms with Gasteiger partial charge >= 0.3 is 0 Å². The van der Waals surface area contributed by atoms with Crippen LogP contribution in [0, 0.1) is 0 Å². The molecule has 78 valence electrons. The molecule has 3 N–H and O–H groups in total. The molecule has 2 aromatic rings. The molecule has 15 heavy (non-hydrogen) atoms. The third-order valence-corrected chi connectivity index (χ3v) is 2.51. The van der Waals surface area contributed by atoms with Crippen LogP contribution < -0.4 is 5.73 Å². The van der Waals surface area contributed by atoms with E-state index in [1.165, 1.54) is 0 Å². The molecule has 0 saturated heterocycles. The average molecular weight is 244 g/mol. The Bertz CT molecular complexity index is 456. The number of hydrogen-bond acceptors (Lipinski definition) is 4. The van der Waals surface area contributed by atoms with Crippen LogP contribution in [-0.4, -0.2) is 20.6 Å². The maximum absolute atomic E-state index is 5.98. The fourth-order valence-electron chi connectivity index (χ4n) is 1.19. The number of aromatic amines is 1. The standard InChI is InChI=1S/C8H7Cl2N5/c9-4-1-2-6(10)5(3-4)7(11)8-12-14-15-13-8/h1-3,7H,11H2,(H,12,13,14,15). The molecule has 0 aliphatic carbocycles. The molecule has 0 bridgehead atoms. The summed E-state index contributed by atoms with van der Waals surface area (Å²) in [5, 5.41) is 14.4. The van der Waals surface area contributed by atoms with Crippen molar-refractivity contribution in [3.63, 3.8) is 0 Å². The van der Waals surface area contributed by atoms with Crippen molar-refractivity contribution in [2.75, 3.05) is 0 Å². The molecule has 1 atom stereocenters. The second kappa shape index (κ2) is 4.14. The van der Waals surface area contributed by atoms with Crippen LogP contribution in [0.1, 0.15) is 17.4 Å². The molecule has 1 heterocycles. The third kappa shape index (κ3) is 2.09. The zero-order chi connectivity index (χ0) is 10.8. The monoisotopic (exact) mass is 243 g/mol. The summed E-state index contributed by atoms with van der Waals surface area (Å²) in [6, 6.07) is 4.52. The number of tetrazole rings is 1. The van der Waals surface area contributed by atoms with Gasteiger partial charge in [-0.1, -0.05) is 28.4 Å². The molecular weight excluding hydrogens is 237 g/mol. The predicted molar refractivity (Wildman–Crippen MR) is 56.7 cm³/mol. The Morgan fingerprint density at radius 2 is 2.13 bits per heavy atom. The topological polar surface area (TPSA) is 80.5 Å². The summed E-state index contributed by atoms with van der Waals surface area (Å²) in [6.45, 7) is 0. The van der Waals surface area contributed by atoms with Gasteiger partial charge < -0.3 is 5.73 Å². The van der Waals surface area contributed by atoms with Gasteiger partial charge in [0.25, 0.3) is 0 Å². The molecule has 0 aliphatic heterocycles. The van der Waals surface area contributed by atoms with E-state index in [2.05, 4.69) is 20.6 Å². The molecular formula is C8H7Cl2N5. The number of nitrogens with zero attached hydrogens (tertiary/aromatic N) is 3. The largest absolute Gasteiger partial charge is 0.317 e. The first-order valence-corrected chi connectivity index (χ1v) is 4.88. The minimum atomic E-state index is -0.532. The second-order valence-electron chi connectivity index (χ2n) is 2.91. The van der Waals surface area contributed by atoms with Gasteiger partial charge in [0.05, 0.1) is 6.04 Å². The lowest BCUT2D eigenvalue weighted by Gasteiger charge is -2.09. The Balaban J connectivity index is 2.41. The number of rotatable bonds is 2. The molecule has 2 rings (SSSR count). The molecule has 1 aromatic carbocycles. The van der Waals surface area contributed by atoms with E-state index in [1.54, 1.807) is 18.2 Å². The minimum Gasteiger partial charge on any atom is -0.317 e. The third-order valence-electron chi connectivity index (χ3n) is 1.93. The van der Waals surface area contributed by atoms with E-state index in [0.29, 0.717) is 21.4 Å². The quantitative estimate of drug-likeness (QED) is 0.839. The highest BCUT2D eigenvalue weighted by molar-refractivity contribution is 6.33. The fourth-order valence-corrected chi connectivity index (χ4v) is 1.61. The van der Waals surface area contributed by atoms with Crippen LogP contribution in [0.4, 0.5) is 0 Å². The number of halogens is 2. The Morgan fingerprint density at radius 1 is 1.33 bits per heavy atom. The summed E-state index contributed by atoms with van der Waals surface area (Å²) in [7, 11) is 0. The van der Waals surface area contributed by atoms with Crippen LogP contribution in [0.5, 0.6) is 0 Å². The lowest BCUT2D eigenvalue weighted by atomic mass is 10.1. The zero-order valence-electron chi connectivity index (χ0n) is 7.48. The molecule has 5 nitrogen and oxygen atoms in total. The van der Waals surface area contributed by atoms with Crippen LogP contribution in [0.15, 0.2) is 18.2 Å². The highest BCUT2D eigenvalue weighted by Crippen LogP contribution is 2.27. The second-order valence-corrected chi connectivity index (χ2v) is 3.76. The summed E-state index contributed by atoms with van der Waals surface area (Å²) in [4.78, 5) is 0. The van der Waals surface area contributed by atoms with Gasteiger partial charge in [-0.3, -0.25) is 0 Å². The van der Waals surface area contributed by atoms with Gasteiger partial charge in [-0.15, -0.1) is 10.2 Å². The number of aromatic nitrogens is 4. The minimum absolute atomic E-state index is 0.374. The van der Waals surface area contributed by atoms with Gasteiger partial charge in [-0.25, -0.2) is 0 Å². The highest BCUT2D eigenvalue weighted by Gasteiger charge is 2.16. The maximum atomic E-state index is 5.98. The van der Waals surface area contributed by atoms with Crippen molar-refractivity contribution in [2.24, 2.45) is 5.73 Å². The first-order valence-electron chi connectivity index (χ1n) is 4.12. The van der Waals surface area contributed by atoms with Crippen LogP contribution in [0.3, 0.4) is 0 Å². The van der Waals surface area contributed by atoms with E-state index in [4.69, 9.17) is 28.9 Å². The molecule has 7 heteroatoms. The van der Waals surface area contributed by atoms with Crippen LogP contribution >= 0.6 is 23.2 Å². The SMILES string of the molecule is NC(c1nn[nH]n1)c1cc(Cl)ccc1Cl. The van der Waals surface area contributed by atoms with E-state index in [9.17, 15) is 0 Å². The number of hydrogen-bond donors (Lipinski definition) is 2. The summed E-state index contributed by atoms with van der Waals surface area (Å²) < 4.78 is 0. The first kappa shape index (κ1) is 10.4. The van der Waals surface area contributed by atoms with E-state index in [0.717, 1.165) is 0 Å². The van der Waals surface area contributed by atoms with Crippen molar-refractivity contribution < 1.29 is 0 Å². The molecule has 1 unspecified atom stereocenters. The van der Waals surface area contributed by atoms with Crippen molar-refractivity contribution in [1.29, 1.82) is 0 Å². The lowest BCUT2D eigenvalue weighted by molar-refractivity contribution is 0.785. The Hall–Kier alpha value is -1.17. The maximum Gasteiger partial charge on any atom is 0.195 e. The summed E-state index contributed by atoms with van der Waals surface area (Å²) in [6.07, 6.45) is 0. The van der Waals surface area contributed by atoms with E-state index in [-0.39, 0.29) is 0 Å². The molecule has 0 spiro atoms. The summed E-state index contributed by atoms with van der Waals surface area (Å²) in [5.74, 6) is 0.374. The van der Waals surface area contributed by atoms with Gasteiger partial charge in [0.1, 0.15) is 0 Å². The van der Waals surface area contributed by atoms with Crippen molar-refractivity contribution in [3.8, 4) is 0 Å². The smallest absolute Gasteiger partial charge is 0.195 e. The average Bonchev–Trinajstić information content (AvgIpc) is 2.74. The fraction of sp³-hybridized carbons (Fsp3) is 0.125. The number of nitrogens with two attached hydrogens (primary N) is 1. The van der Waals surface area contributed by atoms with Gasteiger partial charge in [-0.05, 0) is 23.8 Å². The van der Waals surface area contributed by atoms with Crippen LogP contribution in [0.25, 0.3) is 0 Å². The Labute approximate surface area is 95.6 Å². The molecule has 0 saturated carbocycles. The lowest BCUT2D eigenvalue weighted by Crippen LogP contribution is -2.14. The van der Waals surface area contributed by atoms with Crippen LogP contribution in [-0.2, 0) is 0 Å². The highest BCUT2D eigenvalue weighted by atomic mass is 35.5. The van der Waals surface area contributed by atoms with Crippen molar-refractivity contribution in [1.82, 2.24) is 20.6 Å².